The van der Waals surface area contributed by atoms with Gasteiger partial charge in [0.15, 0.2) is 0 Å². The lowest BCUT2D eigenvalue weighted by atomic mass is 9.92. The highest BCUT2D eigenvalue weighted by atomic mass is 35.5. The zero-order valence-corrected chi connectivity index (χ0v) is 17.3. The number of nitrogens with zero attached hydrogens (tertiary/aromatic N) is 1. The van der Waals surface area contributed by atoms with E-state index in [9.17, 15) is 14.7 Å². The van der Waals surface area contributed by atoms with Crippen LogP contribution in [0.15, 0.2) is 18.2 Å². The zero-order valence-electron chi connectivity index (χ0n) is 16.5. The summed E-state index contributed by atoms with van der Waals surface area (Å²) in [5, 5.41) is 12.4. The third-order valence-corrected chi connectivity index (χ3v) is 4.12. The molecule has 2 N–H and O–H groups in total. The highest BCUT2D eigenvalue weighted by Gasteiger charge is 2.27. The van der Waals surface area contributed by atoms with Crippen LogP contribution in [0.1, 0.15) is 44.7 Å². The van der Waals surface area contributed by atoms with Crippen molar-refractivity contribution in [2.45, 2.75) is 46.6 Å². The van der Waals surface area contributed by atoms with Crippen molar-refractivity contribution >= 4 is 23.9 Å². The van der Waals surface area contributed by atoms with Crippen LogP contribution in [0, 0.1) is 24.2 Å². The standard InChI is InChI=1S/C11H10ClNO.C10H19NO2/c1-9-7-11(12)5-4-10(9)3-2-6-13-8-14;1-10(2,3)6-9(13)11-5-4-8(12)7-11/h4-5,7-8H,6H2,1H3,(H,13,14);8,12H,4-7H2,1-3H3. The van der Waals surface area contributed by atoms with Crippen LogP contribution < -0.4 is 5.32 Å². The summed E-state index contributed by atoms with van der Waals surface area (Å²) in [5.74, 6) is 5.94. The molecule has 5 nitrogen and oxygen atoms in total. The molecule has 2 amide bonds. The fraction of sp³-hybridized carbons (Fsp3) is 0.524. The van der Waals surface area contributed by atoms with Crippen LogP contribution in [0.5, 0.6) is 0 Å². The van der Waals surface area contributed by atoms with Gasteiger partial charge in [-0.3, -0.25) is 9.59 Å². The second-order valence-electron chi connectivity index (χ2n) is 7.78. The molecule has 0 radical (unpaired) electrons. The van der Waals surface area contributed by atoms with E-state index < -0.39 is 0 Å². The molecule has 1 saturated heterocycles. The number of β-amino-alcohol motifs (C(OH)–C–C–N with tert-alkyl or cyclic N) is 1. The molecule has 1 aliphatic heterocycles. The van der Waals surface area contributed by atoms with Crippen molar-refractivity contribution in [2.24, 2.45) is 5.41 Å². The van der Waals surface area contributed by atoms with Gasteiger partial charge in [-0.25, -0.2) is 0 Å². The predicted octanol–water partition coefficient (Wildman–Crippen LogP) is 2.76. The Hall–Kier alpha value is -2.03. The summed E-state index contributed by atoms with van der Waals surface area (Å²) in [4.78, 5) is 23.3. The number of carbonyl (C=O) groups excluding carboxylic acids is 2. The normalized spacial score (nSPS) is 15.9. The summed E-state index contributed by atoms with van der Waals surface area (Å²) in [6.07, 6.45) is 1.63. The summed E-state index contributed by atoms with van der Waals surface area (Å²) < 4.78 is 0. The Bertz CT molecular complexity index is 702. The number of hydrogen-bond acceptors (Lipinski definition) is 3. The van der Waals surface area contributed by atoms with Gasteiger partial charge in [-0.1, -0.05) is 44.2 Å². The van der Waals surface area contributed by atoms with E-state index in [1.807, 2.05) is 19.1 Å². The van der Waals surface area contributed by atoms with Crippen LogP contribution in [0.2, 0.25) is 5.02 Å². The number of aryl methyl sites for hydroxylation is 1. The van der Waals surface area contributed by atoms with Crippen molar-refractivity contribution in [2.75, 3.05) is 19.6 Å². The molecular formula is C21H29ClN2O3. The van der Waals surface area contributed by atoms with Gasteiger partial charge in [0.25, 0.3) is 0 Å². The third kappa shape index (κ3) is 9.46. The Morgan fingerprint density at radius 3 is 2.67 bits per heavy atom. The van der Waals surface area contributed by atoms with Crippen LogP contribution >= 0.6 is 11.6 Å². The zero-order chi connectivity index (χ0) is 20.4. The second kappa shape index (κ2) is 11.0. The Morgan fingerprint density at radius 2 is 2.15 bits per heavy atom. The van der Waals surface area contributed by atoms with Crippen molar-refractivity contribution in [3.63, 3.8) is 0 Å². The van der Waals surface area contributed by atoms with E-state index in [0.717, 1.165) is 24.1 Å². The van der Waals surface area contributed by atoms with E-state index in [-0.39, 0.29) is 17.4 Å². The number of nitrogens with one attached hydrogen (secondary N) is 1. The van der Waals surface area contributed by atoms with Gasteiger partial charge in [0.2, 0.25) is 12.3 Å². The third-order valence-electron chi connectivity index (χ3n) is 3.88. The molecule has 1 fully saturated rings. The van der Waals surface area contributed by atoms with Crippen LogP contribution in [-0.4, -0.2) is 48.1 Å². The number of aliphatic hydroxyl groups is 1. The van der Waals surface area contributed by atoms with Gasteiger partial charge in [0.05, 0.1) is 12.6 Å². The number of aliphatic hydroxyl groups excluding tert-OH is 1. The maximum Gasteiger partial charge on any atom is 0.223 e. The van der Waals surface area contributed by atoms with E-state index in [0.29, 0.717) is 30.9 Å². The lowest BCUT2D eigenvalue weighted by Gasteiger charge is -2.22. The van der Waals surface area contributed by atoms with Crippen LogP contribution in [-0.2, 0) is 9.59 Å². The molecule has 1 aromatic carbocycles. The minimum absolute atomic E-state index is 0.0463. The molecule has 1 atom stereocenters. The number of halogens is 1. The highest BCUT2D eigenvalue weighted by Crippen LogP contribution is 2.21. The van der Waals surface area contributed by atoms with E-state index in [1.165, 1.54) is 0 Å². The highest BCUT2D eigenvalue weighted by molar-refractivity contribution is 6.30. The first kappa shape index (κ1) is 23.0. The van der Waals surface area contributed by atoms with Crippen molar-refractivity contribution in [3.05, 3.63) is 34.3 Å². The van der Waals surface area contributed by atoms with Crippen molar-refractivity contribution in [1.82, 2.24) is 10.2 Å². The molecule has 1 heterocycles. The minimum atomic E-state index is -0.302. The second-order valence-corrected chi connectivity index (χ2v) is 8.22. The lowest BCUT2D eigenvalue weighted by Crippen LogP contribution is -2.32. The van der Waals surface area contributed by atoms with Gasteiger partial charge in [0, 0.05) is 30.1 Å². The number of likely N-dealkylation sites (tertiary alicyclic amines) is 1. The molecule has 27 heavy (non-hydrogen) atoms. The fourth-order valence-corrected chi connectivity index (χ4v) is 2.76. The van der Waals surface area contributed by atoms with Crippen LogP contribution in [0.25, 0.3) is 0 Å². The quantitative estimate of drug-likeness (QED) is 0.472. The van der Waals surface area contributed by atoms with E-state index in [4.69, 9.17) is 11.6 Å². The lowest BCUT2D eigenvalue weighted by molar-refractivity contribution is -0.132. The van der Waals surface area contributed by atoms with E-state index in [1.54, 1.807) is 11.0 Å². The molecule has 0 spiro atoms. The largest absolute Gasteiger partial charge is 0.391 e. The Balaban J connectivity index is 0.000000271. The first-order valence-electron chi connectivity index (χ1n) is 9.00. The predicted molar refractivity (Wildman–Crippen MR) is 108 cm³/mol. The van der Waals surface area contributed by atoms with E-state index in [2.05, 4.69) is 37.9 Å². The molecule has 148 valence electrons. The van der Waals surface area contributed by atoms with Gasteiger partial charge in [-0.05, 0) is 42.5 Å². The first-order valence-corrected chi connectivity index (χ1v) is 9.38. The molecule has 0 aliphatic carbocycles. The van der Waals surface area contributed by atoms with Gasteiger partial charge in [0.1, 0.15) is 0 Å². The van der Waals surface area contributed by atoms with Gasteiger partial charge in [-0.15, -0.1) is 0 Å². The van der Waals surface area contributed by atoms with Crippen molar-refractivity contribution in [1.29, 1.82) is 0 Å². The molecule has 0 saturated carbocycles. The molecule has 1 aliphatic rings. The smallest absolute Gasteiger partial charge is 0.223 e. The Morgan fingerprint density at radius 1 is 1.44 bits per heavy atom. The topological polar surface area (TPSA) is 69.6 Å². The Kier molecular flexibility index (Phi) is 9.34. The van der Waals surface area contributed by atoms with E-state index >= 15 is 0 Å². The fourth-order valence-electron chi connectivity index (χ4n) is 2.53. The number of rotatable bonds is 3. The van der Waals surface area contributed by atoms with Crippen molar-refractivity contribution < 1.29 is 14.7 Å². The first-order chi connectivity index (χ1) is 12.6. The maximum absolute atomic E-state index is 11.6. The summed E-state index contributed by atoms with van der Waals surface area (Å²) in [5.41, 5.74) is 2.02. The molecule has 1 aromatic rings. The van der Waals surface area contributed by atoms with Crippen molar-refractivity contribution in [3.8, 4) is 11.8 Å². The van der Waals surface area contributed by atoms with Gasteiger partial charge >= 0.3 is 0 Å². The van der Waals surface area contributed by atoms with Gasteiger partial charge < -0.3 is 15.3 Å². The maximum atomic E-state index is 11.6. The average Bonchev–Trinajstić information content (AvgIpc) is 2.99. The number of hydrogen-bond donors (Lipinski definition) is 2. The minimum Gasteiger partial charge on any atom is -0.391 e. The van der Waals surface area contributed by atoms with Crippen LogP contribution in [0.4, 0.5) is 0 Å². The summed E-state index contributed by atoms with van der Waals surface area (Å²) in [6, 6.07) is 5.52. The summed E-state index contributed by atoms with van der Waals surface area (Å²) in [6.45, 7) is 9.71. The molecule has 6 heteroatoms. The summed E-state index contributed by atoms with van der Waals surface area (Å²) >= 11 is 5.79. The molecular weight excluding hydrogens is 364 g/mol. The number of carbonyl (C=O) groups is 2. The molecule has 0 aromatic heterocycles. The van der Waals surface area contributed by atoms with Gasteiger partial charge in [-0.2, -0.15) is 0 Å². The molecule has 2 rings (SSSR count). The number of amides is 2. The van der Waals surface area contributed by atoms with Crippen LogP contribution in [0.3, 0.4) is 0 Å². The average molecular weight is 393 g/mol. The Labute approximate surface area is 167 Å². The molecule has 1 unspecified atom stereocenters. The number of benzene rings is 1. The monoisotopic (exact) mass is 392 g/mol. The molecule has 0 bridgehead atoms. The SMILES string of the molecule is CC(C)(C)CC(=O)N1CCC(O)C1.Cc1cc(Cl)ccc1C#CCNC=O. The summed E-state index contributed by atoms with van der Waals surface area (Å²) in [7, 11) is 0.